The molecule has 752 valence electrons. The first-order chi connectivity index (χ1) is 62.1. The van der Waals surface area contributed by atoms with Crippen molar-refractivity contribution < 1.29 is 33.9 Å². The molecule has 7 heteroatoms. The lowest BCUT2D eigenvalue weighted by atomic mass is 9.84. The fourth-order valence-corrected chi connectivity index (χ4v) is 19.7. The monoisotopic (exact) mass is 1770 g/mol. The SMILES string of the molecule is CCCCCCCCCCCCCCCCCCOCC(CO)(CCCCCCCCCCCCCCCCCCCOCCCCCCCCCCCCCCCCCCCC(CO)(COCCCCCCCCCCCCCCCCCC)COCCCCCCCCCCCCCCCCCC)COCCCCCCCCCCCCCCCCCC. The molecule has 0 atom stereocenters. The van der Waals surface area contributed by atoms with Gasteiger partial charge in [-0.15, -0.1) is 0 Å². The Morgan fingerprint density at radius 3 is 0.328 bits per heavy atom. The molecule has 0 saturated carbocycles. The van der Waals surface area contributed by atoms with Crippen LogP contribution in [-0.2, 0) is 23.7 Å². The zero-order chi connectivity index (χ0) is 89.7. The number of hydrogen-bond acceptors (Lipinski definition) is 7. The molecule has 0 aliphatic heterocycles. The minimum Gasteiger partial charge on any atom is -0.396 e. The third kappa shape index (κ3) is 103. The second-order valence-corrected chi connectivity index (χ2v) is 41.9. The van der Waals surface area contributed by atoms with Crippen molar-refractivity contribution in [2.45, 2.75) is 670 Å². The Morgan fingerprint density at radius 2 is 0.216 bits per heavy atom. The van der Waals surface area contributed by atoms with Gasteiger partial charge in [0.2, 0.25) is 0 Å². The number of aliphatic hydroxyl groups is 2. The summed E-state index contributed by atoms with van der Waals surface area (Å²) in [6, 6.07) is 0. The summed E-state index contributed by atoms with van der Waals surface area (Å²) >= 11 is 0. The van der Waals surface area contributed by atoms with Gasteiger partial charge >= 0.3 is 0 Å². The van der Waals surface area contributed by atoms with Crippen LogP contribution in [0.1, 0.15) is 670 Å². The zero-order valence-electron chi connectivity index (χ0n) is 87.1. The smallest absolute Gasteiger partial charge is 0.0566 e. The van der Waals surface area contributed by atoms with Crippen molar-refractivity contribution in [1.82, 2.24) is 0 Å². The van der Waals surface area contributed by atoms with Crippen LogP contribution in [0.5, 0.6) is 0 Å². The minimum atomic E-state index is -0.255. The molecule has 0 aromatic heterocycles. The fraction of sp³-hybridized carbons (Fsp3) is 1.00. The number of unbranched alkanes of at least 4 members (excludes halogenated alkanes) is 92. The van der Waals surface area contributed by atoms with Crippen LogP contribution in [0.2, 0.25) is 0 Å². The van der Waals surface area contributed by atoms with E-state index in [1.165, 1.54) is 604 Å². The van der Waals surface area contributed by atoms with E-state index < -0.39 is 0 Å². The predicted molar refractivity (Wildman–Crippen MR) is 558 cm³/mol. The molecule has 0 rings (SSSR count). The summed E-state index contributed by atoms with van der Waals surface area (Å²) in [4.78, 5) is 0. The molecule has 0 spiro atoms. The molecule has 0 saturated heterocycles. The Hall–Kier alpha value is -0.280. The van der Waals surface area contributed by atoms with Crippen molar-refractivity contribution in [3.63, 3.8) is 0 Å². The molecule has 0 aromatic carbocycles. The van der Waals surface area contributed by atoms with Gasteiger partial charge in [0, 0.05) is 50.5 Å². The Morgan fingerprint density at radius 1 is 0.120 bits per heavy atom. The van der Waals surface area contributed by atoms with E-state index >= 15 is 0 Å². The predicted octanol–water partition coefficient (Wildman–Crippen LogP) is 40.1. The van der Waals surface area contributed by atoms with Crippen molar-refractivity contribution in [1.29, 1.82) is 0 Å². The summed E-state index contributed by atoms with van der Waals surface area (Å²) in [5, 5.41) is 21.8. The summed E-state index contributed by atoms with van der Waals surface area (Å²) < 4.78 is 31.7. The first kappa shape index (κ1) is 125. The lowest BCUT2D eigenvalue weighted by Gasteiger charge is -2.31. The van der Waals surface area contributed by atoms with Crippen LogP contribution in [0.25, 0.3) is 0 Å². The molecule has 0 unspecified atom stereocenters. The lowest BCUT2D eigenvalue weighted by molar-refractivity contribution is -0.0578. The summed E-state index contributed by atoms with van der Waals surface area (Å²) in [7, 11) is 0. The Balaban J connectivity index is 4.10. The highest BCUT2D eigenvalue weighted by molar-refractivity contribution is 4.80. The number of rotatable bonds is 118. The van der Waals surface area contributed by atoms with Crippen LogP contribution in [0.4, 0.5) is 0 Å². The highest BCUT2D eigenvalue weighted by Gasteiger charge is 2.31. The maximum absolute atomic E-state index is 10.9. The van der Waals surface area contributed by atoms with Crippen LogP contribution in [0, 0.1) is 10.8 Å². The van der Waals surface area contributed by atoms with Gasteiger partial charge < -0.3 is 33.9 Å². The number of ether oxygens (including phenoxy) is 5. The second kappa shape index (κ2) is 112. The normalized spacial score (nSPS) is 12.1. The molecule has 0 bridgehead atoms. The van der Waals surface area contributed by atoms with Gasteiger partial charge in [0.1, 0.15) is 0 Å². The third-order valence-corrected chi connectivity index (χ3v) is 28.9. The van der Waals surface area contributed by atoms with Crippen molar-refractivity contribution in [2.75, 3.05) is 79.3 Å². The molecular weight excluding hydrogens is 1530 g/mol. The van der Waals surface area contributed by atoms with Crippen LogP contribution in [0.3, 0.4) is 0 Å². The van der Waals surface area contributed by atoms with Gasteiger partial charge in [-0.05, 0) is 51.4 Å². The summed E-state index contributed by atoms with van der Waals surface area (Å²) in [6.07, 6.45) is 138. The van der Waals surface area contributed by atoms with Crippen LogP contribution < -0.4 is 0 Å². The lowest BCUT2D eigenvalue weighted by Crippen LogP contribution is -2.36. The molecule has 0 aromatic rings. The number of hydrogen-bond donors (Lipinski definition) is 2. The third-order valence-electron chi connectivity index (χ3n) is 28.9. The molecule has 0 aliphatic rings. The van der Waals surface area contributed by atoms with E-state index in [4.69, 9.17) is 23.7 Å². The molecule has 125 heavy (non-hydrogen) atoms. The molecule has 0 aliphatic carbocycles. The molecular formula is C118H238O7. The molecule has 0 heterocycles. The summed E-state index contributed by atoms with van der Waals surface area (Å²) in [6.45, 7) is 17.4. The van der Waals surface area contributed by atoms with Crippen molar-refractivity contribution in [3.05, 3.63) is 0 Å². The fourth-order valence-electron chi connectivity index (χ4n) is 19.7. The maximum atomic E-state index is 10.9. The minimum absolute atomic E-state index is 0.177. The van der Waals surface area contributed by atoms with Crippen LogP contribution in [0.15, 0.2) is 0 Å². The average molecular weight is 1770 g/mol. The van der Waals surface area contributed by atoms with Gasteiger partial charge in [0.05, 0.1) is 39.6 Å². The summed E-state index contributed by atoms with van der Waals surface area (Å²) in [5.74, 6) is 0. The van der Waals surface area contributed by atoms with E-state index in [2.05, 4.69) is 27.7 Å². The first-order valence-electron chi connectivity index (χ1n) is 59.2. The molecule has 0 radical (unpaired) electrons. The first-order valence-corrected chi connectivity index (χ1v) is 59.2. The van der Waals surface area contributed by atoms with Crippen LogP contribution in [-0.4, -0.2) is 89.5 Å². The highest BCUT2D eigenvalue weighted by Crippen LogP contribution is 2.31. The van der Waals surface area contributed by atoms with Crippen molar-refractivity contribution in [3.8, 4) is 0 Å². The maximum Gasteiger partial charge on any atom is 0.0566 e. The molecule has 0 fully saturated rings. The highest BCUT2D eigenvalue weighted by atomic mass is 16.5. The second-order valence-electron chi connectivity index (χ2n) is 41.9. The summed E-state index contributed by atoms with van der Waals surface area (Å²) in [5.41, 5.74) is -0.510. The van der Waals surface area contributed by atoms with Gasteiger partial charge in [-0.25, -0.2) is 0 Å². The largest absolute Gasteiger partial charge is 0.396 e. The van der Waals surface area contributed by atoms with Gasteiger partial charge in [0.15, 0.2) is 0 Å². The van der Waals surface area contributed by atoms with E-state index in [1.807, 2.05) is 0 Å². The zero-order valence-corrected chi connectivity index (χ0v) is 87.1. The Bertz CT molecular complexity index is 1640. The number of aliphatic hydroxyl groups excluding tert-OH is 2. The topological polar surface area (TPSA) is 86.6 Å². The van der Waals surface area contributed by atoms with Crippen molar-refractivity contribution >= 4 is 0 Å². The van der Waals surface area contributed by atoms with Crippen LogP contribution >= 0.6 is 0 Å². The molecule has 0 amide bonds. The van der Waals surface area contributed by atoms with Gasteiger partial charge in [-0.1, -0.05) is 618 Å². The Kier molecular flexibility index (Phi) is 112. The van der Waals surface area contributed by atoms with E-state index in [1.54, 1.807) is 0 Å². The van der Waals surface area contributed by atoms with Gasteiger partial charge in [-0.3, -0.25) is 0 Å². The average Bonchev–Trinajstić information content (AvgIpc) is 0.883. The molecule has 7 nitrogen and oxygen atoms in total. The van der Waals surface area contributed by atoms with E-state index in [-0.39, 0.29) is 24.0 Å². The standard InChI is InChI=1S/C118H238O7/c1-5-9-13-17-21-25-29-33-37-49-59-67-75-83-91-99-107-122-113-117(111-119,114-123-108-100-92-84-76-68-60-50-38-34-30-26-22-18-14-10-6-2)103-95-87-79-71-63-55-47-43-41-45-53-57-65-73-81-89-97-105-121-106-98-90-82-74-66-58-54-46-42-44-48-56-64-72-80-88-96-104-118(112-120,115-124-109-101-93-85-77-69-61-51-39-35-31-27-23-19-15-11-7-3)116-125-110-102-94-86-78-70-62-52-40-36-32-28-24-20-16-12-8-4/h119-120H,5-116H2,1-4H3. The van der Waals surface area contributed by atoms with E-state index in [0.717, 1.165) is 78.2 Å². The van der Waals surface area contributed by atoms with Gasteiger partial charge in [-0.2, -0.15) is 0 Å². The van der Waals surface area contributed by atoms with E-state index in [0.29, 0.717) is 26.4 Å². The van der Waals surface area contributed by atoms with Gasteiger partial charge in [0.25, 0.3) is 0 Å². The molecule has 2 N–H and O–H groups in total. The van der Waals surface area contributed by atoms with Crippen molar-refractivity contribution in [2.24, 2.45) is 10.8 Å². The Labute approximate surface area is 789 Å². The van der Waals surface area contributed by atoms with E-state index in [9.17, 15) is 10.2 Å². The quantitative estimate of drug-likeness (QED) is 0.0587.